The van der Waals surface area contributed by atoms with Crippen molar-refractivity contribution in [2.75, 3.05) is 5.75 Å². The number of rotatable bonds is 4. The highest BCUT2D eigenvalue weighted by molar-refractivity contribution is 8.14. The van der Waals surface area contributed by atoms with Crippen LogP contribution in [0, 0.1) is 6.92 Å². The van der Waals surface area contributed by atoms with Gasteiger partial charge >= 0.3 is 0 Å². The first kappa shape index (κ1) is 18.8. The molecule has 0 unspecified atom stereocenters. The molecule has 0 aliphatic carbocycles. The number of aliphatic imine (C=N–C) groups is 1. The smallest absolute Gasteiger partial charge is 0.160 e. The predicted molar refractivity (Wildman–Crippen MR) is 121 cm³/mol. The zero-order chi connectivity index (χ0) is 20.0. The van der Waals surface area contributed by atoms with Gasteiger partial charge in [0.1, 0.15) is 12.1 Å². The fourth-order valence-corrected chi connectivity index (χ4v) is 5.87. The van der Waals surface area contributed by atoms with E-state index in [4.69, 9.17) is 16.6 Å². The van der Waals surface area contributed by atoms with Crippen LogP contribution in [0.4, 0.5) is 0 Å². The SMILES string of the molecule is CC[C@H]1CSC2=N[C@@H](c3ccccn3)[C@@H](c3ccc(C)n3-c3ccc(Cl)cc3)N21. The van der Waals surface area contributed by atoms with Crippen LogP contribution in [0.2, 0.25) is 5.02 Å². The molecule has 29 heavy (non-hydrogen) atoms. The van der Waals surface area contributed by atoms with Gasteiger partial charge < -0.3 is 9.47 Å². The van der Waals surface area contributed by atoms with Crippen LogP contribution in [0.15, 0.2) is 65.8 Å². The number of fused-ring (bicyclic) bond motifs is 1. The summed E-state index contributed by atoms with van der Waals surface area (Å²) in [6.07, 6.45) is 2.97. The summed E-state index contributed by atoms with van der Waals surface area (Å²) in [5.41, 5.74) is 4.60. The molecule has 1 aromatic carbocycles. The van der Waals surface area contributed by atoms with Gasteiger partial charge in [-0.1, -0.05) is 36.4 Å². The maximum Gasteiger partial charge on any atom is 0.160 e. The Morgan fingerprint density at radius 1 is 1.10 bits per heavy atom. The summed E-state index contributed by atoms with van der Waals surface area (Å²) in [6, 6.07) is 19.2. The number of nitrogens with zero attached hydrogens (tertiary/aromatic N) is 4. The minimum absolute atomic E-state index is 0.00611. The zero-order valence-corrected chi connectivity index (χ0v) is 18.1. The van der Waals surface area contributed by atoms with Gasteiger partial charge in [-0.2, -0.15) is 0 Å². The second-order valence-electron chi connectivity index (χ2n) is 7.55. The van der Waals surface area contributed by atoms with Crippen molar-refractivity contribution < 1.29 is 0 Å². The second-order valence-corrected chi connectivity index (χ2v) is 8.97. The molecule has 2 aromatic heterocycles. The summed E-state index contributed by atoms with van der Waals surface area (Å²) >= 11 is 8.02. The van der Waals surface area contributed by atoms with Crippen molar-refractivity contribution in [1.29, 1.82) is 0 Å². The number of aromatic nitrogens is 2. The molecule has 0 radical (unpaired) electrons. The third-order valence-electron chi connectivity index (χ3n) is 5.82. The molecule has 1 fully saturated rings. The molecule has 0 saturated carbocycles. The van der Waals surface area contributed by atoms with Crippen LogP contribution >= 0.6 is 23.4 Å². The van der Waals surface area contributed by atoms with Crippen molar-refractivity contribution in [3.63, 3.8) is 0 Å². The largest absolute Gasteiger partial charge is 0.337 e. The molecule has 148 valence electrons. The van der Waals surface area contributed by atoms with E-state index in [-0.39, 0.29) is 12.1 Å². The number of thioether (sulfide) groups is 1. The Kier molecular flexibility index (Phi) is 4.88. The Hall–Kier alpha value is -2.24. The van der Waals surface area contributed by atoms with E-state index in [1.807, 2.05) is 36.2 Å². The number of pyridine rings is 1. The van der Waals surface area contributed by atoms with Crippen molar-refractivity contribution in [3.8, 4) is 5.69 Å². The summed E-state index contributed by atoms with van der Waals surface area (Å²) in [4.78, 5) is 12.3. The monoisotopic (exact) mass is 422 g/mol. The van der Waals surface area contributed by atoms with Gasteiger partial charge in [0.15, 0.2) is 5.17 Å². The van der Waals surface area contributed by atoms with E-state index in [1.165, 1.54) is 11.4 Å². The molecule has 4 heterocycles. The van der Waals surface area contributed by atoms with Gasteiger partial charge in [-0.25, -0.2) is 0 Å². The molecule has 0 N–H and O–H groups in total. The third-order valence-corrected chi connectivity index (χ3v) is 7.20. The van der Waals surface area contributed by atoms with Crippen molar-refractivity contribution >= 4 is 28.5 Å². The van der Waals surface area contributed by atoms with Gasteiger partial charge in [0.2, 0.25) is 0 Å². The molecular formula is C23H23ClN4S. The maximum absolute atomic E-state index is 6.15. The molecule has 5 rings (SSSR count). The summed E-state index contributed by atoms with van der Waals surface area (Å²) in [6.45, 7) is 4.42. The van der Waals surface area contributed by atoms with Crippen molar-refractivity contribution in [2.24, 2.45) is 4.99 Å². The number of hydrogen-bond donors (Lipinski definition) is 0. The first-order valence-electron chi connectivity index (χ1n) is 10.0. The number of aryl methyl sites for hydroxylation is 1. The third kappa shape index (κ3) is 3.17. The highest BCUT2D eigenvalue weighted by Gasteiger charge is 2.46. The topological polar surface area (TPSA) is 33.4 Å². The molecular weight excluding hydrogens is 400 g/mol. The first-order valence-corrected chi connectivity index (χ1v) is 11.4. The molecule has 0 bridgehead atoms. The van der Waals surface area contributed by atoms with E-state index in [1.54, 1.807) is 0 Å². The highest BCUT2D eigenvalue weighted by Crippen LogP contribution is 2.49. The summed E-state index contributed by atoms with van der Waals surface area (Å²) < 4.78 is 2.34. The number of amidine groups is 1. The fourth-order valence-electron chi connectivity index (χ4n) is 4.40. The first-order chi connectivity index (χ1) is 14.2. The lowest BCUT2D eigenvalue weighted by Gasteiger charge is -2.32. The van der Waals surface area contributed by atoms with Crippen LogP contribution in [-0.4, -0.2) is 31.4 Å². The minimum atomic E-state index is -0.00611. The van der Waals surface area contributed by atoms with Crippen molar-refractivity contribution in [3.05, 3.63) is 82.9 Å². The van der Waals surface area contributed by atoms with Gasteiger partial charge in [0, 0.05) is 40.1 Å². The van der Waals surface area contributed by atoms with Crippen LogP contribution in [0.5, 0.6) is 0 Å². The Morgan fingerprint density at radius 3 is 2.66 bits per heavy atom. The van der Waals surface area contributed by atoms with Crippen LogP contribution in [-0.2, 0) is 0 Å². The summed E-state index contributed by atoms with van der Waals surface area (Å²) in [5, 5.41) is 1.90. The lowest BCUT2D eigenvalue weighted by atomic mass is 9.99. The van der Waals surface area contributed by atoms with Crippen LogP contribution in [0.3, 0.4) is 0 Å². The molecule has 2 aliphatic rings. The zero-order valence-electron chi connectivity index (χ0n) is 16.5. The number of hydrogen-bond acceptors (Lipinski definition) is 4. The Labute approximate surface area is 180 Å². The van der Waals surface area contributed by atoms with Gasteiger partial charge in [-0.15, -0.1) is 0 Å². The van der Waals surface area contributed by atoms with Gasteiger partial charge in [-0.05, 0) is 61.9 Å². The van der Waals surface area contributed by atoms with E-state index in [0.717, 1.165) is 33.7 Å². The lowest BCUT2D eigenvalue weighted by Crippen LogP contribution is -2.36. The van der Waals surface area contributed by atoms with Crippen molar-refractivity contribution in [1.82, 2.24) is 14.5 Å². The van der Waals surface area contributed by atoms with E-state index < -0.39 is 0 Å². The summed E-state index contributed by atoms with van der Waals surface area (Å²) in [7, 11) is 0. The molecule has 2 aliphatic heterocycles. The van der Waals surface area contributed by atoms with E-state index in [0.29, 0.717) is 6.04 Å². The fraction of sp³-hybridized carbons (Fsp3) is 0.304. The Bertz CT molecular complexity index is 1040. The Balaban J connectivity index is 1.65. The molecule has 0 amide bonds. The van der Waals surface area contributed by atoms with Gasteiger partial charge in [-0.3, -0.25) is 9.98 Å². The van der Waals surface area contributed by atoms with Gasteiger partial charge in [0.05, 0.1) is 5.69 Å². The molecule has 3 aromatic rings. The van der Waals surface area contributed by atoms with E-state index in [2.05, 4.69) is 64.7 Å². The average molecular weight is 423 g/mol. The minimum Gasteiger partial charge on any atom is -0.337 e. The second kappa shape index (κ2) is 7.54. The molecule has 6 heteroatoms. The molecule has 0 spiro atoms. The molecule has 1 saturated heterocycles. The standard InChI is InChI=1S/C23H23ClN4S/c1-3-17-14-29-23-26-21(19-6-4-5-13-25-19)22(28(17)23)20-12-7-15(2)27(20)18-10-8-16(24)9-11-18/h4-13,17,21-22H,3,14H2,1-2H3/t17-,21-,22+/m0/s1. The van der Waals surface area contributed by atoms with E-state index >= 15 is 0 Å². The molecule has 4 nitrogen and oxygen atoms in total. The van der Waals surface area contributed by atoms with Crippen molar-refractivity contribution in [2.45, 2.75) is 38.4 Å². The van der Waals surface area contributed by atoms with Crippen LogP contribution < -0.4 is 0 Å². The lowest BCUT2D eigenvalue weighted by molar-refractivity contribution is 0.248. The van der Waals surface area contributed by atoms with E-state index in [9.17, 15) is 0 Å². The van der Waals surface area contributed by atoms with Crippen LogP contribution in [0.25, 0.3) is 5.69 Å². The number of benzene rings is 1. The highest BCUT2D eigenvalue weighted by atomic mass is 35.5. The predicted octanol–water partition coefficient (Wildman–Crippen LogP) is 5.81. The number of halogens is 1. The quantitative estimate of drug-likeness (QED) is 0.531. The van der Waals surface area contributed by atoms with Gasteiger partial charge in [0.25, 0.3) is 0 Å². The Morgan fingerprint density at radius 2 is 1.93 bits per heavy atom. The molecule has 3 atom stereocenters. The maximum atomic E-state index is 6.15. The normalized spacial score (nSPS) is 23.3. The van der Waals surface area contributed by atoms with Crippen LogP contribution in [0.1, 0.15) is 42.5 Å². The summed E-state index contributed by atoms with van der Waals surface area (Å²) in [5.74, 6) is 1.10. The average Bonchev–Trinajstić information content (AvgIpc) is 3.42.